The van der Waals surface area contributed by atoms with Gasteiger partial charge in [-0.3, -0.25) is 9.10 Å². The van der Waals surface area contributed by atoms with Crippen LogP contribution in [0.5, 0.6) is 11.5 Å². The quantitative estimate of drug-likeness (QED) is 0.585. The molecule has 2 rings (SSSR count). The Kier molecular flexibility index (Phi) is 8.53. The van der Waals surface area contributed by atoms with Gasteiger partial charge >= 0.3 is 0 Å². The molecule has 0 aliphatic heterocycles. The first-order chi connectivity index (χ1) is 14.3. The third-order valence-corrected chi connectivity index (χ3v) is 5.96. The molecule has 1 amide bonds. The van der Waals surface area contributed by atoms with E-state index in [-0.39, 0.29) is 24.9 Å². The van der Waals surface area contributed by atoms with Crippen LogP contribution in [0.4, 0.5) is 5.69 Å². The molecule has 164 valence electrons. The summed E-state index contributed by atoms with van der Waals surface area (Å²) in [5, 5.41) is 3.02. The number of para-hydroxylation sites is 1. The first kappa shape index (κ1) is 23.5. The normalized spacial score (nSPS) is 12.1. The molecule has 0 spiro atoms. The fourth-order valence-electron chi connectivity index (χ4n) is 3.22. The highest BCUT2D eigenvalue weighted by molar-refractivity contribution is 7.92. The van der Waals surface area contributed by atoms with Gasteiger partial charge in [0.1, 0.15) is 0 Å². The lowest BCUT2D eigenvalue weighted by Crippen LogP contribution is -2.32. The Hall–Kier alpha value is -2.74. The summed E-state index contributed by atoms with van der Waals surface area (Å²) in [7, 11) is -0.279. The highest BCUT2D eigenvalue weighted by atomic mass is 32.2. The van der Waals surface area contributed by atoms with Gasteiger partial charge in [0.05, 0.1) is 32.2 Å². The van der Waals surface area contributed by atoms with E-state index in [0.717, 1.165) is 5.56 Å². The van der Waals surface area contributed by atoms with E-state index in [1.807, 2.05) is 31.2 Å². The van der Waals surface area contributed by atoms with E-state index in [1.54, 1.807) is 38.5 Å². The predicted octanol–water partition coefficient (Wildman–Crippen LogP) is 3.52. The third kappa shape index (κ3) is 6.38. The van der Waals surface area contributed by atoms with Crippen molar-refractivity contribution < 1.29 is 22.7 Å². The Labute approximate surface area is 179 Å². The van der Waals surface area contributed by atoms with Crippen molar-refractivity contribution in [2.75, 3.05) is 31.3 Å². The number of carbonyl (C=O) groups is 1. The van der Waals surface area contributed by atoms with Crippen molar-refractivity contribution in [2.45, 2.75) is 32.2 Å². The average molecular weight is 435 g/mol. The third-order valence-electron chi connectivity index (χ3n) is 4.76. The second-order valence-corrected chi connectivity index (χ2v) is 8.82. The average Bonchev–Trinajstić information content (AvgIpc) is 2.74. The van der Waals surface area contributed by atoms with Gasteiger partial charge in [-0.05, 0) is 42.7 Å². The molecule has 0 radical (unpaired) electrons. The van der Waals surface area contributed by atoms with Crippen molar-refractivity contribution in [1.29, 1.82) is 0 Å². The fourth-order valence-corrected chi connectivity index (χ4v) is 4.19. The molecular weight excluding hydrogens is 404 g/mol. The molecule has 0 bridgehead atoms. The van der Waals surface area contributed by atoms with Gasteiger partial charge in [-0.2, -0.15) is 0 Å². The van der Waals surface area contributed by atoms with Gasteiger partial charge < -0.3 is 14.8 Å². The Morgan fingerprint density at radius 3 is 2.30 bits per heavy atom. The number of hydrogen-bond donors (Lipinski definition) is 1. The van der Waals surface area contributed by atoms with Gasteiger partial charge in [-0.1, -0.05) is 31.2 Å². The molecule has 0 heterocycles. The lowest BCUT2D eigenvalue weighted by Gasteiger charge is -2.23. The number of benzene rings is 2. The van der Waals surface area contributed by atoms with Crippen LogP contribution in [0, 0.1) is 0 Å². The molecule has 1 N–H and O–H groups in total. The molecule has 1 atom stereocenters. The van der Waals surface area contributed by atoms with E-state index >= 15 is 0 Å². The van der Waals surface area contributed by atoms with E-state index in [4.69, 9.17) is 9.47 Å². The van der Waals surface area contributed by atoms with E-state index in [1.165, 1.54) is 10.6 Å². The molecule has 2 aromatic rings. The number of methoxy groups -OCH3 is 2. The molecule has 0 aromatic heterocycles. The lowest BCUT2D eigenvalue weighted by molar-refractivity contribution is -0.121. The topological polar surface area (TPSA) is 84.9 Å². The van der Waals surface area contributed by atoms with Gasteiger partial charge in [0.15, 0.2) is 11.5 Å². The summed E-state index contributed by atoms with van der Waals surface area (Å²) in [6, 6.07) is 14.3. The summed E-state index contributed by atoms with van der Waals surface area (Å²) in [5.41, 5.74) is 1.52. The van der Waals surface area contributed by atoms with Crippen LogP contribution in [0.2, 0.25) is 0 Å². The maximum Gasteiger partial charge on any atom is 0.232 e. The number of hydrogen-bond acceptors (Lipinski definition) is 5. The van der Waals surface area contributed by atoms with Crippen molar-refractivity contribution in [1.82, 2.24) is 5.32 Å². The molecule has 0 saturated heterocycles. The van der Waals surface area contributed by atoms with Gasteiger partial charge in [0.2, 0.25) is 15.9 Å². The molecule has 1 unspecified atom stereocenters. The van der Waals surface area contributed by atoms with Crippen molar-refractivity contribution >= 4 is 21.6 Å². The summed E-state index contributed by atoms with van der Waals surface area (Å²) < 4.78 is 36.2. The van der Waals surface area contributed by atoms with Crippen molar-refractivity contribution in [3.05, 3.63) is 54.1 Å². The second-order valence-electron chi connectivity index (χ2n) is 6.92. The smallest absolute Gasteiger partial charge is 0.232 e. The van der Waals surface area contributed by atoms with Crippen LogP contribution < -0.4 is 19.1 Å². The predicted molar refractivity (Wildman–Crippen MR) is 119 cm³/mol. The molecule has 2 aromatic carbocycles. The van der Waals surface area contributed by atoms with Crippen molar-refractivity contribution in [2.24, 2.45) is 0 Å². The number of amides is 1. The minimum Gasteiger partial charge on any atom is -0.493 e. The van der Waals surface area contributed by atoms with E-state index in [2.05, 4.69) is 5.32 Å². The van der Waals surface area contributed by atoms with Crippen molar-refractivity contribution in [3.63, 3.8) is 0 Å². The van der Waals surface area contributed by atoms with Gasteiger partial charge in [0, 0.05) is 13.0 Å². The Morgan fingerprint density at radius 1 is 1.07 bits per heavy atom. The zero-order valence-electron chi connectivity index (χ0n) is 17.9. The van der Waals surface area contributed by atoms with Crippen LogP contribution in [0.15, 0.2) is 48.5 Å². The summed E-state index contributed by atoms with van der Waals surface area (Å²) in [4.78, 5) is 12.5. The van der Waals surface area contributed by atoms with E-state index in [0.29, 0.717) is 30.0 Å². The molecule has 0 aliphatic rings. The SMILES string of the molecule is CCC(NC(=O)CCCN(c1ccccc1)S(C)(=O)=O)c1ccc(OC)c(OC)c1. The van der Waals surface area contributed by atoms with Crippen LogP contribution in [0.25, 0.3) is 0 Å². The van der Waals surface area contributed by atoms with Gasteiger partial charge in [0.25, 0.3) is 0 Å². The number of sulfonamides is 1. The second kappa shape index (κ2) is 10.9. The Balaban J connectivity index is 1.98. The monoisotopic (exact) mass is 434 g/mol. The minimum absolute atomic E-state index is 0.127. The lowest BCUT2D eigenvalue weighted by atomic mass is 10.0. The number of ether oxygens (including phenoxy) is 2. The van der Waals surface area contributed by atoms with Crippen LogP contribution in [-0.4, -0.2) is 41.3 Å². The molecule has 8 heteroatoms. The van der Waals surface area contributed by atoms with Crippen LogP contribution >= 0.6 is 0 Å². The standard InChI is InChI=1S/C22H30N2O5S/c1-5-19(17-13-14-20(28-2)21(16-17)29-3)23-22(25)12-9-15-24(30(4,26)27)18-10-7-6-8-11-18/h6-8,10-11,13-14,16,19H,5,9,12,15H2,1-4H3,(H,23,25). The molecule has 30 heavy (non-hydrogen) atoms. The molecule has 7 nitrogen and oxygen atoms in total. The summed E-state index contributed by atoms with van der Waals surface area (Å²) in [6.45, 7) is 2.23. The first-order valence-electron chi connectivity index (χ1n) is 9.84. The van der Waals surface area contributed by atoms with Crippen LogP contribution in [0.1, 0.15) is 37.8 Å². The van der Waals surface area contributed by atoms with Crippen LogP contribution in [-0.2, 0) is 14.8 Å². The highest BCUT2D eigenvalue weighted by Crippen LogP contribution is 2.31. The Bertz CT molecular complexity index is 932. The van der Waals surface area contributed by atoms with Crippen molar-refractivity contribution in [3.8, 4) is 11.5 Å². The molecule has 0 fully saturated rings. The maximum absolute atomic E-state index is 12.5. The molecule has 0 saturated carbocycles. The number of carbonyl (C=O) groups excluding carboxylic acids is 1. The number of nitrogens with one attached hydrogen (secondary N) is 1. The molecule has 0 aliphatic carbocycles. The number of nitrogens with zero attached hydrogens (tertiary/aromatic N) is 1. The van der Waals surface area contributed by atoms with E-state index < -0.39 is 10.0 Å². The molecular formula is C22H30N2O5S. The van der Waals surface area contributed by atoms with Crippen LogP contribution in [0.3, 0.4) is 0 Å². The minimum atomic E-state index is -3.43. The Morgan fingerprint density at radius 2 is 1.73 bits per heavy atom. The van der Waals surface area contributed by atoms with E-state index in [9.17, 15) is 13.2 Å². The van der Waals surface area contributed by atoms with Gasteiger partial charge in [-0.15, -0.1) is 0 Å². The first-order valence-corrected chi connectivity index (χ1v) is 11.7. The zero-order valence-corrected chi connectivity index (χ0v) is 18.7. The number of anilines is 1. The summed E-state index contributed by atoms with van der Waals surface area (Å²) in [5.74, 6) is 1.11. The number of rotatable bonds is 11. The van der Waals surface area contributed by atoms with Gasteiger partial charge in [-0.25, -0.2) is 8.42 Å². The highest BCUT2D eigenvalue weighted by Gasteiger charge is 2.19. The maximum atomic E-state index is 12.5. The summed E-state index contributed by atoms with van der Waals surface area (Å²) in [6.07, 6.45) is 2.52. The zero-order chi connectivity index (χ0) is 22.1. The fraction of sp³-hybridized carbons (Fsp3) is 0.409. The summed E-state index contributed by atoms with van der Waals surface area (Å²) >= 11 is 0. The largest absolute Gasteiger partial charge is 0.493 e.